The van der Waals surface area contributed by atoms with E-state index >= 15 is 0 Å². The average Bonchev–Trinajstić information content (AvgIpc) is 2.82. The SMILES string of the molecule is CNC(c1cc(Br)cc(Br)c1)c1c(OC)cnn1C(C)C. The molecule has 0 amide bonds. The largest absolute Gasteiger partial charge is 0.493 e. The number of hydrogen-bond donors (Lipinski definition) is 1. The Bertz CT molecular complexity index is 605. The molecule has 114 valence electrons. The Morgan fingerprint density at radius 3 is 2.29 bits per heavy atom. The molecular weight excluding hydrogens is 398 g/mol. The molecule has 0 bridgehead atoms. The van der Waals surface area contributed by atoms with Gasteiger partial charge in [-0.3, -0.25) is 4.68 Å². The number of halogens is 2. The predicted molar refractivity (Wildman–Crippen MR) is 91.9 cm³/mol. The third-order valence-electron chi connectivity index (χ3n) is 3.29. The monoisotopic (exact) mass is 415 g/mol. The quantitative estimate of drug-likeness (QED) is 0.789. The van der Waals surface area contributed by atoms with Crippen LogP contribution in [-0.2, 0) is 0 Å². The van der Waals surface area contributed by atoms with Gasteiger partial charge in [0.05, 0.1) is 19.3 Å². The first-order chi connectivity index (χ1) is 9.97. The molecule has 1 aromatic carbocycles. The maximum atomic E-state index is 5.49. The summed E-state index contributed by atoms with van der Waals surface area (Å²) in [5, 5.41) is 7.82. The molecule has 1 N–H and O–H groups in total. The molecule has 4 nitrogen and oxygen atoms in total. The summed E-state index contributed by atoms with van der Waals surface area (Å²) in [4.78, 5) is 0. The van der Waals surface area contributed by atoms with Crippen molar-refractivity contribution in [1.82, 2.24) is 15.1 Å². The first-order valence-electron chi connectivity index (χ1n) is 6.72. The van der Waals surface area contributed by atoms with E-state index < -0.39 is 0 Å². The highest BCUT2D eigenvalue weighted by Crippen LogP contribution is 2.34. The van der Waals surface area contributed by atoms with Gasteiger partial charge in [0, 0.05) is 15.0 Å². The van der Waals surface area contributed by atoms with Crippen molar-refractivity contribution in [3.63, 3.8) is 0 Å². The molecule has 0 aliphatic carbocycles. The van der Waals surface area contributed by atoms with Crippen molar-refractivity contribution in [1.29, 1.82) is 0 Å². The number of nitrogens with one attached hydrogen (secondary N) is 1. The number of ether oxygens (including phenoxy) is 1. The molecule has 0 fully saturated rings. The summed E-state index contributed by atoms with van der Waals surface area (Å²) in [6.07, 6.45) is 1.77. The van der Waals surface area contributed by atoms with Crippen molar-refractivity contribution in [2.24, 2.45) is 0 Å². The molecule has 0 aliphatic rings. The van der Waals surface area contributed by atoms with Crippen LogP contribution >= 0.6 is 31.9 Å². The van der Waals surface area contributed by atoms with E-state index in [4.69, 9.17) is 4.74 Å². The minimum absolute atomic E-state index is 0.00125. The Kier molecular flexibility index (Phi) is 5.46. The average molecular weight is 417 g/mol. The van der Waals surface area contributed by atoms with Crippen LogP contribution in [0.2, 0.25) is 0 Å². The van der Waals surface area contributed by atoms with Gasteiger partial charge in [-0.25, -0.2) is 0 Å². The van der Waals surface area contributed by atoms with Gasteiger partial charge in [-0.1, -0.05) is 31.9 Å². The zero-order valence-corrected chi connectivity index (χ0v) is 15.7. The summed E-state index contributed by atoms with van der Waals surface area (Å²) in [7, 11) is 3.62. The van der Waals surface area contributed by atoms with E-state index in [1.165, 1.54) is 0 Å². The Hall–Kier alpha value is -0.850. The van der Waals surface area contributed by atoms with Crippen LogP contribution in [0.1, 0.15) is 37.2 Å². The van der Waals surface area contributed by atoms with E-state index in [-0.39, 0.29) is 12.1 Å². The molecule has 6 heteroatoms. The Morgan fingerprint density at radius 1 is 1.19 bits per heavy atom. The van der Waals surface area contributed by atoms with E-state index in [1.54, 1.807) is 13.3 Å². The van der Waals surface area contributed by atoms with Crippen LogP contribution in [0, 0.1) is 0 Å². The summed E-state index contributed by atoms with van der Waals surface area (Å²) in [5.74, 6) is 0.791. The van der Waals surface area contributed by atoms with Gasteiger partial charge in [-0.15, -0.1) is 0 Å². The third kappa shape index (κ3) is 3.49. The minimum Gasteiger partial charge on any atom is -0.493 e. The Balaban J connectivity index is 2.57. The molecule has 1 atom stereocenters. The second-order valence-corrected chi connectivity index (χ2v) is 6.89. The normalized spacial score (nSPS) is 12.7. The lowest BCUT2D eigenvalue weighted by Crippen LogP contribution is -2.23. The van der Waals surface area contributed by atoms with Gasteiger partial charge in [-0.05, 0) is 44.7 Å². The number of benzene rings is 1. The Morgan fingerprint density at radius 2 is 1.81 bits per heavy atom. The van der Waals surface area contributed by atoms with Gasteiger partial charge in [0.2, 0.25) is 0 Å². The Labute approximate surface area is 142 Å². The van der Waals surface area contributed by atoms with Crippen LogP contribution < -0.4 is 10.1 Å². The molecule has 0 saturated heterocycles. The van der Waals surface area contributed by atoms with Crippen LogP contribution in [-0.4, -0.2) is 23.9 Å². The van der Waals surface area contributed by atoms with E-state index in [0.717, 1.165) is 26.0 Å². The predicted octanol–water partition coefficient (Wildman–Crippen LogP) is 4.31. The maximum absolute atomic E-state index is 5.49. The number of nitrogens with zero attached hydrogens (tertiary/aromatic N) is 2. The molecule has 1 unspecified atom stereocenters. The van der Waals surface area contributed by atoms with Crippen LogP contribution in [0.4, 0.5) is 0 Å². The van der Waals surface area contributed by atoms with E-state index in [1.807, 2.05) is 17.8 Å². The van der Waals surface area contributed by atoms with E-state index in [9.17, 15) is 0 Å². The topological polar surface area (TPSA) is 39.1 Å². The lowest BCUT2D eigenvalue weighted by atomic mass is 10.0. The van der Waals surface area contributed by atoms with Crippen molar-refractivity contribution >= 4 is 31.9 Å². The van der Waals surface area contributed by atoms with Crippen molar-refractivity contribution in [2.45, 2.75) is 25.9 Å². The third-order valence-corrected chi connectivity index (χ3v) is 4.20. The highest BCUT2D eigenvalue weighted by atomic mass is 79.9. The lowest BCUT2D eigenvalue weighted by Gasteiger charge is -2.22. The smallest absolute Gasteiger partial charge is 0.161 e. The van der Waals surface area contributed by atoms with Gasteiger partial charge in [0.1, 0.15) is 5.69 Å². The van der Waals surface area contributed by atoms with Gasteiger partial charge in [0.25, 0.3) is 0 Å². The van der Waals surface area contributed by atoms with E-state index in [0.29, 0.717) is 0 Å². The van der Waals surface area contributed by atoms with Crippen LogP contribution in [0.3, 0.4) is 0 Å². The molecule has 21 heavy (non-hydrogen) atoms. The van der Waals surface area contributed by atoms with Gasteiger partial charge >= 0.3 is 0 Å². The van der Waals surface area contributed by atoms with E-state index in [2.05, 4.69) is 68.3 Å². The van der Waals surface area contributed by atoms with Crippen molar-refractivity contribution in [3.05, 3.63) is 44.6 Å². The van der Waals surface area contributed by atoms with Crippen LogP contribution in [0.15, 0.2) is 33.3 Å². The summed E-state index contributed by atoms with van der Waals surface area (Å²) in [6, 6.07) is 6.48. The molecule has 2 aromatic rings. The lowest BCUT2D eigenvalue weighted by molar-refractivity contribution is 0.396. The van der Waals surface area contributed by atoms with Crippen LogP contribution in [0.5, 0.6) is 5.75 Å². The summed E-state index contributed by atoms with van der Waals surface area (Å²) in [6.45, 7) is 4.22. The minimum atomic E-state index is -0.00125. The fourth-order valence-corrected chi connectivity index (χ4v) is 3.73. The molecule has 1 aromatic heterocycles. The number of rotatable bonds is 5. The highest BCUT2D eigenvalue weighted by molar-refractivity contribution is 9.11. The summed E-state index contributed by atoms with van der Waals surface area (Å²) < 4.78 is 9.55. The second kappa shape index (κ2) is 6.94. The molecular formula is C15H19Br2N3O. The zero-order valence-electron chi connectivity index (χ0n) is 12.5. The van der Waals surface area contributed by atoms with Crippen molar-refractivity contribution in [3.8, 4) is 5.75 Å². The van der Waals surface area contributed by atoms with Gasteiger partial charge in [0.15, 0.2) is 5.75 Å². The first-order valence-corrected chi connectivity index (χ1v) is 8.31. The van der Waals surface area contributed by atoms with Crippen molar-refractivity contribution in [2.75, 3.05) is 14.2 Å². The zero-order chi connectivity index (χ0) is 15.6. The molecule has 1 heterocycles. The maximum Gasteiger partial charge on any atom is 0.161 e. The fourth-order valence-electron chi connectivity index (χ4n) is 2.40. The highest BCUT2D eigenvalue weighted by Gasteiger charge is 2.24. The van der Waals surface area contributed by atoms with Gasteiger partial charge in [-0.2, -0.15) is 5.10 Å². The molecule has 0 spiro atoms. The number of methoxy groups -OCH3 is 1. The number of hydrogen-bond acceptors (Lipinski definition) is 3. The standard InChI is InChI=1S/C15H19Br2N3O/c1-9(2)20-15(13(21-4)8-19-20)14(18-3)10-5-11(16)7-12(17)6-10/h5-9,14,18H,1-4H3. The molecule has 0 saturated carbocycles. The van der Waals surface area contributed by atoms with Crippen molar-refractivity contribution < 1.29 is 4.74 Å². The summed E-state index contributed by atoms with van der Waals surface area (Å²) >= 11 is 7.09. The molecule has 0 aliphatic heterocycles. The second-order valence-electron chi connectivity index (χ2n) is 5.06. The molecule has 2 rings (SSSR count). The first kappa shape index (κ1) is 16.5. The molecule has 0 radical (unpaired) electrons. The number of aromatic nitrogens is 2. The fraction of sp³-hybridized carbons (Fsp3) is 0.400. The van der Waals surface area contributed by atoms with Crippen LogP contribution in [0.25, 0.3) is 0 Å². The van der Waals surface area contributed by atoms with Gasteiger partial charge < -0.3 is 10.1 Å². The summed E-state index contributed by atoms with van der Waals surface area (Å²) in [5.41, 5.74) is 2.17.